The van der Waals surface area contributed by atoms with Gasteiger partial charge in [0.2, 0.25) is 0 Å². The van der Waals surface area contributed by atoms with Crippen LogP contribution in [0.2, 0.25) is 0 Å². The van der Waals surface area contributed by atoms with Crippen molar-refractivity contribution in [3.63, 3.8) is 0 Å². The molecule has 0 amide bonds. The summed E-state index contributed by atoms with van der Waals surface area (Å²) < 4.78 is 0. The highest BCUT2D eigenvalue weighted by Gasteiger charge is 2.04. The number of fused-ring (bicyclic) bond motifs is 2. The number of rotatable bonds is 1. The van der Waals surface area contributed by atoms with Crippen LogP contribution in [0.4, 0.5) is 0 Å². The largest absolute Gasteiger partial charge is 0.432 e. The third-order valence-electron chi connectivity index (χ3n) is 3.83. The Kier molecular flexibility index (Phi) is 4.72. The molecule has 4 rings (SSSR count). The first kappa shape index (κ1) is 15.3. The SMILES string of the molecule is OBO.c1ccc(-c2cccc3cc4ccccc4cc23)cc1. The van der Waals surface area contributed by atoms with Gasteiger partial charge in [0.25, 0.3) is 0 Å². The van der Waals surface area contributed by atoms with Crippen molar-refractivity contribution in [3.8, 4) is 11.1 Å². The molecule has 0 saturated carbocycles. The standard InChI is InChI=1S/C20H14.BH3O2/c1-2-7-15(8-3-1)19-12-6-11-18-13-16-9-4-5-10-17(16)14-20(18)19;2-1-3/h1-14H;1-3H. The highest BCUT2D eigenvalue weighted by Crippen LogP contribution is 2.31. The average molecular weight is 300 g/mol. The normalized spacial score (nSPS) is 10.2. The van der Waals surface area contributed by atoms with Gasteiger partial charge in [-0.25, -0.2) is 0 Å². The zero-order valence-corrected chi connectivity index (χ0v) is 12.7. The van der Waals surface area contributed by atoms with Crippen LogP contribution in [0.15, 0.2) is 84.9 Å². The molecule has 2 nitrogen and oxygen atoms in total. The molecule has 3 heteroatoms. The molecule has 2 N–H and O–H groups in total. The maximum atomic E-state index is 7.12. The second kappa shape index (κ2) is 7.10. The molecular weight excluding hydrogens is 283 g/mol. The van der Waals surface area contributed by atoms with E-state index in [2.05, 4.69) is 84.9 Å². The van der Waals surface area contributed by atoms with Gasteiger partial charge in [-0.1, -0.05) is 72.8 Å². The van der Waals surface area contributed by atoms with E-state index >= 15 is 0 Å². The zero-order chi connectivity index (χ0) is 16.1. The molecule has 4 aromatic rings. The van der Waals surface area contributed by atoms with Crippen molar-refractivity contribution in [2.45, 2.75) is 0 Å². The van der Waals surface area contributed by atoms with Crippen molar-refractivity contribution >= 4 is 29.2 Å². The van der Waals surface area contributed by atoms with Crippen molar-refractivity contribution < 1.29 is 10.0 Å². The van der Waals surface area contributed by atoms with Crippen LogP contribution in [0.3, 0.4) is 0 Å². The Bertz CT molecular complexity index is 920. The van der Waals surface area contributed by atoms with Crippen LogP contribution in [0, 0.1) is 0 Å². The maximum Gasteiger partial charge on any atom is 0.432 e. The first-order valence-electron chi connectivity index (χ1n) is 7.52. The number of benzene rings is 4. The van der Waals surface area contributed by atoms with Crippen LogP contribution < -0.4 is 0 Å². The summed E-state index contributed by atoms with van der Waals surface area (Å²) in [5.74, 6) is 0. The van der Waals surface area contributed by atoms with Gasteiger partial charge in [0.15, 0.2) is 0 Å². The molecule has 0 aliphatic carbocycles. The summed E-state index contributed by atoms with van der Waals surface area (Å²) in [5.41, 5.74) is 2.57. The maximum absolute atomic E-state index is 7.12. The van der Waals surface area contributed by atoms with Gasteiger partial charge >= 0.3 is 7.69 Å². The third kappa shape index (κ3) is 3.26. The van der Waals surface area contributed by atoms with E-state index in [0.717, 1.165) is 0 Å². The van der Waals surface area contributed by atoms with Crippen molar-refractivity contribution in [1.29, 1.82) is 0 Å². The summed E-state index contributed by atoms with van der Waals surface area (Å²) in [5, 5.41) is 19.5. The molecule has 0 spiro atoms. The molecule has 0 radical (unpaired) electrons. The predicted molar refractivity (Wildman–Crippen MR) is 98.5 cm³/mol. The molecule has 0 heterocycles. The third-order valence-corrected chi connectivity index (χ3v) is 3.83. The molecule has 0 fully saturated rings. The Morgan fingerprint density at radius 2 is 1.13 bits per heavy atom. The minimum atomic E-state index is -0.750. The molecular formula is C20H17BO2. The topological polar surface area (TPSA) is 40.5 Å². The Morgan fingerprint density at radius 3 is 1.83 bits per heavy atom. The number of hydrogen-bond donors (Lipinski definition) is 2. The lowest BCUT2D eigenvalue weighted by Crippen LogP contribution is -1.82. The van der Waals surface area contributed by atoms with Gasteiger partial charge in [0.1, 0.15) is 0 Å². The van der Waals surface area contributed by atoms with Crippen LogP contribution in [-0.4, -0.2) is 17.7 Å². The Hall–Kier alpha value is -2.62. The second-order valence-corrected chi connectivity index (χ2v) is 5.23. The van der Waals surface area contributed by atoms with Crippen LogP contribution in [0.25, 0.3) is 32.7 Å². The monoisotopic (exact) mass is 300 g/mol. The van der Waals surface area contributed by atoms with Crippen molar-refractivity contribution in [1.82, 2.24) is 0 Å². The van der Waals surface area contributed by atoms with Gasteiger partial charge in [-0.3, -0.25) is 0 Å². The summed E-state index contributed by atoms with van der Waals surface area (Å²) in [6, 6.07) is 30.2. The van der Waals surface area contributed by atoms with E-state index in [1.165, 1.54) is 32.7 Å². The number of hydrogen-bond acceptors (Lipinski definition) is 2. The molecule has 0 unspecified atom stereocenters. The fraction of sp³-hybridized carbons (Fsp3) is 0. The average Bonchev–Trinajstić information content (AvgIpc) is 2.61. The van der Waals surface area contributed by atoms with Crippen molar-refractivity contribution in [2.75, 3.05) is 0 Å². The molecule has 0 bridgehead atoms. The van der Waals surface area contributed by atoms with E-state index in [9.17, 15) is 0 Å². The van der Waals surface area contributed by atoms with Crippen LogP contribution in [0.5, 0.6) is 0 Å². The fourth-order valence-corrected chi connectivity index (χ4v) is 2.84. The van der Waals surface area contributed by atoms with Gasteiger partial charge in [-0.2, -0.15) is 0 Å². The quantitative estimate of drug-likeness (QED) is 0.413. The van der Waals surface area contributed by atoms with Gasteiger partial charge in [-0.15, -0.1) is 0 Å². The molecule has 4 aromatic carbocycles. The lowest BCUT2D eigenvalue weighted by Gasteiger charge is -2.08. The van der Waals surface area contributed by atoms with E-state index in [1.54, 1.807) is 0 Å². The molecule has 112 valence electrons. The van der Waals surface area contributed by atoms with Gasteiger partial charge in [0, 0.05) is 0 Å². The highest BCUT2D eigenvalue weighted by atomic mass is 16.4. The van der Waals surface area contributed by atoms with Crippen molar-refractivity contribution in [3.05, 3.63) is 84.9 Å². The van der Waals surface area contributed by atoms with E-state index < -0.39 is 7.69 Å². The predicted octanol–water partition coefficient (Wildman–Crippen LogP) is 3.90. The molecule has 0 aromatic heterocycles. The Labute approximate surface area is 136 Å². The van der Waals surface area contributed by atoms with Crippen LogP contribution in [-0.2, 0) is 0 Å². The summed E-state index contributed by atoms with van der Waals surface area (Å²) in [7, 11) is -0.750. The Balaban J connectivity index is 0.000000485. The summed E-state index contributed by atoms with van der Waals surface area (Å²) in [6.45, 7) is 0. The molecule has 0 aliphatic rings. The second-order valence-electron chi connectivity index (χ2n) is 5.23. The lowest BCUT2D eigenvalue weighted by atomic mass is 9.96. The Morgan fingerprint density at radius 1 is 0.565 bits per heavy atom. The molecule has 0 atom stereocenters. The molecule has 0 saturated heterocycles. The van der Waals surface area contributed by atoms with E-state index in [0.29, 0.717) is 0 Å². The van der Waals surface area contributed by atoms with E-state index in [-0.39, 0.29) is 0 Å². The van der Waals surface area contributed by atoms with Crippen LogP contribution >= 0.6 is 0 Å². The van der Waals surface area contributed by atoms with Gasteiger partial charge in [0.05, 0.1) is 0 Å². The summed E-state index contributed by atoms with van der Waals surface area (Å²) in [4.78, 5) is 0. The summed E-state index contributed by atoms with van der Waals surface area (Å²) in [6.07, 6.45) is 0. The molecule has 23 heavy (non-hydrogen) atoms. The highest BCUT2D eigenvalue weighted by molar-refractivity contribution is 6.13. The molecule has 0 aliphatic heterocycles. The fourth-order valence-electron chi connectivity index (χ4n) is 2.84. The van der Waals surface area contributed by atoms with Crippen molar-refractivity contribution in [2.24, 2.45) is 0 Å². The summed E-state index contributed by atoms with van der Waals surface area (Å²) >= 11 is 0. The minimum Gasteiger partial charge on any atom is -0.430 e. The zero-order valence-electron chi connectivity index (χ0n) is 12.7. The smallest absolute Gasteiger partial charge is 0.430 e. The first-order valence-corrected chi connectivity index (χ1v) is 7.52. The van der Waals surface area contributed by atoms with Gasteiger partial charge in [-0.05, 0) is 44.8 Å². The first-order chi connectivity index (χ1) is 11.3. The van der Waals surface area contributed by atoms with Crippen LogP contribution in [0.1, 0.15) is 0 Å². The van der Waals surface area contributed by atoms with Gasteiger partial charge < -0.3 is 10.0 Å². The van der Waals surface area contributed by atoms with E-state index in [1.807, 2.05) is 0 Å². The minimum absolute atomic E-state index is 0.750. The van der Waals surface area contributed by atoms with E-state index in [4.69, 9.17) is 10.0 Å². The lowest BCUT2D eigenvalue weighted by molar-refractivity contribution is 0.448.